The minimum absolute atomic E-state index is 0.0619. The molecule has 0 aliphatic heterocycles. The van der Waals surface area contributed by atoms with Crippen LogP contribution in [0.15, 0.2) is 19.6 Å². The molecule has 4 nitrogen and oxygen atoms in total. The van der Waals surface area contributed by atoms with Gasteiger partial charge in [0, 0.05) is 6.54 Å². The number of aliphatic carboxylic acids is 1. The van der Waals surface area contributed by atoms with Crippen LogP contribution in [0.4, 0.5) is 0 Å². The van der Waals surface area contributed by atoms with Crippen LogP contribution in [0.3, 0.4) is 0 Å². The van der Waals surface area contributed by atoms with Crippen LogP contribution in [-0.4, -0.2) is 29.1 Å². The third-order valence-corrected chi connectivity index (χ3v) is 4.36. The van der Waals surface area contributed by atoms with Crippen molar-refractivity contribution >= 4 is 37.8 Å². The van der Waals surface area contributed by atoms with Crippen molar-refractivity contribution in [3.05, 3.63) is 21.0 Å². The number of carbonyl (C=O) groups is 1. The van der Waals surface area contributed by atoms with Gasteiger partial charge >= 0.3 is 5.97 Å². The zero-order valence-electron chi connectivity index (χ0n) is 9.16. The lowest BCUT2D eigenvalue weighted by molar-refractivity contribution is -0.138. The highest BCUT2D eigenvalue weighted by Crippen LogP contribution is 2.31. The number of halogens is 2. The van der Waals surface area contributed by atoms with Gasteiger partial charge in [-0.25, -0.2) is 0 Å². The SMILES string of the molecule is O=C(O)CN(Cc1cc(Br)c(Br)o1)CC1CC1. The fourth-order valence-corrected chi connectivity index (χ4v) is 2.39. The molecule has 1 aromatic heterocycles. The first-order chi connectivity index (χ1) is 8.04. The number of rotatable bonds is 6. The largest absolute Gasteiger partial charge is 0.480 e. The van der Waals surface area contributed by atoms with Gasteiger partial charge in [0.05, 0.1) is 17.6 Å². The van der Waals surface area contributed by atoms with Gasteiger partial charge in [-0.2, -0.15) is 0 Å². The van der Waals surface area contributed by atoms with E-state index >= 15 is 0 Å². The Morgan fingerprint density at radius 2 is 2.24 bits per heavy atom. The van der Waals surface area contributed by atoms with Gasteiger partial charge in [-0.1, -0.05) is 0 Å². The van der Waals surface area contributed by atoms with Gasteiger partial charge in [-0.15, -0.1) is 0 Å². The summed E-state index contributed by atoms with van der Waals surface area (Å²) in [5.74, 6) is 0.636. The fraction of sp³-hybridized carbons (Fsp3) is 0.545. The number of nitrogens with zero attached hydrogens (tertiary/aromatic N) is 1. The first-order valence-corrected chi connectivity index (χ1v) is 7.01. The maximum atomic E-state index is 10.8. The Bertz CT molecular complexity index is 395. The molecular weight excluding hydrogens is 354 g/mol. The molecule has 1 N–H and O–H groups in total. The summed E-state index contributed by atoms with van der Waals surface area (Å²) in [5.41, 5.74) is 0. The van der Waals surface area contributed by atoms with Gasteiger partial charge in [0.15, 0.2) is 4.67 Å². The second kappa shape index (κ2) is 5.54. The van der Waals surface area contributed by atoms with Gasteiger partial charge in [0.25, 0.3) is 0 Å². The number of furan rings is 1. The van der Waals surface area contributed by atoms with E-state index < -0.39 is 5.97 Å². The Labute approximate surface area is 116 Å². The molecule has 0 amide bonds. The molecule has 0 bridgehead atoms. The lowest BCUT2D eigenvalue weighted by atomic mass is 10.3. The standard InChI is InChI=1S/C11H13Br2NO3/c12-9-3-8(17-11(9)13)5-14(6-10(15)16)4-7-1-2-7/h3,7H,1-2,4-6H2,(H,15,16). The van der Waals surface area contributed by atoms with E-state index in [0.29, 0.717) is 17.1 Å². The number of carboxylic acids is 1. The average Bonchev–Trinajstić information content (AvgIpc) is 2.94. The minimum Gasteiger partial charge on any atom is -0.480 e. The van der Waals surface area contributed by atoms with Crippen LogP contribution < -0.4 is 0 Å². The molecule has 1 aliphatic carbocycles. The molecule has 1 fully saturated rings. The van der Waals surface area contributed by atoms with E-state index in [-0.39, 0.29) is 6.54 Å². The molecule has 6 heteroatoms. The maximum absolute atomic E-state index is 10.8. The summed E-state index contributed by atoms with van der Waals surface area (Å²) in [6.45, 7) is 1.43. The quantitative estimate of drug-likeness (QED) is 0.840. The van der Waals surface area contributed by atoms with E-state index in [1.54, 1.807) is 0 Å². The molecule has 0 spiro atoms. The third-order valence-electron chi connectivity index (χ3n) is 2.65. The number of hydrogen-bond donors (Lipinski definition) is 1. The zero-order valence-corrected chi connectivity index (χ0v) is 12.3. The molecule has 0 aromatic carbocycles. The molecule has 1 heterocycles. The summed E-state index contributed by atoms with van der Waals surface area (Å²) in [5, 5.41) is 8.86. The van der Waals surface area contributed by atoms with Crippen molar-refractivity contribution in [2.45, 2.75) is 19.4 Å². The second-order valence-electron chi connectivity index (χ2n) is 4.34. The molecule has 94 valence electrons. The Balaban J connectivity index is 1.97. The molecule has 17 heavy (non-hydrogen) atoms. The van der Waals surface area contributed by atoms with Crippen molar-refractivity contribution in [3.8, 4) is 0 Å². The highest BCUT2D eigenvalue weighted by atomic mass is 79.9. The average molecular weight is 367 g/mol. The topological polar surface area (TPSA) is 53.7 Å². The Morgan fingerprint density at radius 1 is 1.53 bits per heavy atom. The summed E-state index contributed by atoms with van der Waals surface area (Å²) in [6, 6.07) is 1.87. The Hall–Kier alpha value is -0.330. The fourth-order valence-electron chi connectivity index (χ4n) is 1.73. The lowest BCUT2D eigenvalue weighted by Crippen LogP contribution is -2.31. The van der Waals surface area contributed by atoms with Gasteiger partial charge in [-0.3, -0.25) is 9.69 Å². The van der Waals surface area contributed by atoms with Crippen LogP contribution in [-0.2, 0) is 11.3 Å². The van der Waals surface area contributed by atoms with E-state index in [2.05, 4.69) is 31.9 Å². The molecule has 2 rings (SSSR count). The number of carboxylic acid groups (broad SMARTS) is 1. The van der Waals surface area contributed by atoms with Crippen molar-refractivity contribution in [3.63, 3.8) is 0 Å². The second-order valence-corrected chi connectivity index (χ2v) is 5.92. The molecule has 0 radical (unpaired) electrons. The van der Waals surface area contributed by atoms with Crippen LogP contribution in [0.2, 0.25) is 0 Å². The van der Waals surface area contributed by atoms with Gasteiger partial charge in [0.1, 0.15) is 5.76 Å². The molecular formula is C11H13Br2NO3. The van der Waals surface area contributed by atoms with Gasteiger partial charge in [-0.05, 0) is 56.7 Å². The monoisotopic (exact) mass is 365 g/mol. The van der Waals surface area contributed by atoms with Crippen LogP contribution in [0.1, 0.15) is 18.6 Å². The minimum atomic E-state index is -0.796. The van der Waals surface area contributed by atoms with E-state index in [1.807, 2.05) is 11.0 Å². The summed E-state index contributed by atoms with van der Waals surface area (Å²) in [6.07, 6.45) is 2.42. The molecule has 1 saturated carbocycles. The number of hydrogen-bond acceptors (Lipinski definition) is 3. The molecule has 0 atom stereocenters. The Kier molecular flexibility index (Phi) is 4.27. The van der Waals surface area contributed by atoms with Crippen molar-refractivity contribution in [1.82, 2.24) is 4.90 Å². The summed E-state index contributed by atoms with van der Waals surface area (Å²) in [7, 11) is 0. The van der Waals surface area contributed by atoms with Crippen LogP contribution >= 0.6 is 31.9 Å². The Morgan fingerprint density at radius 3 is 2.71 bits per heavy atom. The van der Waals surface area contributed by atoms with Gasteiger partial charge in [0.2, 0.25) is 0 Å². The molecule has 0 unspecified atom stereocenters. The van der Waals surface area contributed by atoms with E-state index in [4.69, 9.17) is 9.52 Å². The normalized spacial score (nSPS) is 15.5. The van der Waals surface area contributed by atoms with Crippen molar-refractivity contribution in [1.29, 1.82) is 0 Å². The highest BCUT2D eigenvalue weighted by molar-refractivity contribution is 9.13. The first-order valence-electron chi connectivity index (χ1n) is 5.42. The summed E-state index contributed by atoms with van der Waals surface area (Å²) in [4.78, 5) is 12.7. The third kappa shape index (κ3) is 4.12. The van der Waals surface area contributed by atoms with Crippen molar-refractivity contribution < 1.29 is 14.3 Å². The van der Waals surface area contributed by atoms with E-state index in [9.17, 15) is 4.79 Å². The van der Waals surface area contributed by atoms with E-state index in [0.717, 1.165) is 16.8 Å². The van der Waals surface area contributed by atoms with Crippen LogP contribution in [0, 0.1) is 5.92 Å². The van der Waals surface area contributed by atoms with Crippen LogP contribution in [0.5, 0.6) is 0 Å². The lowest BCUT2D eigenvalue weighted by Gasteiger charge is -2.18. The van der Waals surface area contributed by atoms with Crippen molar-refractivity contribution in [2.75, 3.05) is 13.1 Å². The van der Waals surface area contributed by atoms with Crippen molar-refractivity contribution in [2.24, 2.45) is 5.92 Å². The molecule has 1 aliphatic rings. The summed E-state index contributed by atoms with van der Waals surface area (Å²) >= 11 is 6.62. The first kappa shape index (κ1) is 13.1. The predicted molar refractivity (Wildman–Crippen MR) is 69.7 cm³/mol. The maximum Gasteiger partial charge on any atom is 0.317 e. The predicted octanol–water partition coefficient (Wildman–Crippen LogP) is 3.10. The summed E-state index contributed by atoms with van der Waals surface area (Å²) < 4.78 is 6.97. The zero-order chi connectivity index (χ0) is 12.4. The smallest absolute Gasteiger partial charge is 0.317 e. The van der Waals surface area contributed by atoms with Crippen LogP contribution in [0.25, 0.3) is 0 Å². The van der Waals surface area contributed by atoms with Gasteiger partial charge < -0.3 is 9.52 Å². The van der Waals surface area contributed by atoms with E-state index in [1.165, 1.54) is 12.8 Å². The highest BCUT2D eigenvalue weighted by Gasteiger charge is 2.26. The molecule has 1 aromatic rings. The molecule has 0 saturated heterocycles.